The van der Waals surface area contributed by atoms with Crippen molar-refractivity contribution in [3.63, 3.8) is 0 Å². The maximum absolute atomic E-state index is 11.7. The zero-order chi connectivity index (χ0) is 14.5. The highest BCUT2D eigenvalue weighted by atomic mass is 35.5. The van der Waals surface area contributed by atoms with E-state index in [4.69, 9.17) is 11.6 Å². The van der Waals surface area contributed by atoms with E-state index in [2.05, 4.69) is 20.6 Å². The lowest BCUT2D eigenvalue weighted by atomic mass is 10.2. The van der Waals surface area contributed by atoms with E-state index >= 15 is 0 Å². The van der Waals surface area contributed by atoms with Crippen LogP contribution in [0.15, 0.2) is 30.5 Å². The minimum Gasteiger partial charge on any atom is -0.379 e. The second-order valence-corrected chi connectivity index (χ2v) is 4.63. The minimum absolute atomic E-state index is 0.212. The van der Waals surface area contributed by atoms with Gasteiger partial charge in [-0.25, -0.2) is 9.97 Å². The molecule has 5 nitrogen and oxygen atoms in total. The Balaban J connectivity index is 2.12. The van der Waals surface area contributed by atoms with Crippen molar-refractivity contribution >= 4 is 23.2 Å². The average Bonchev–Trinajstić information content (AvgIpc) is 2.45. The van der Waals surface area contributed by atoms with E-state index in [0.717, 1.165) is 17.2 Å². The molecule has 0 radical (unpaired) electrons. The fourth-order valence-electron chi connectivity index (χ4n) is 1.74. The predicted octanol–water partition coefficient (Wildman–Crippen LogP) is 2.41. The van der Waals surface area contributed by atoms with Gasteiger partial charge in [0.1, 0.15) is 5.82 Å². The van der Waals surface area contributed by atoms with Gasteiger partial charge in [0.2, 0.25) is 0 Å². The van der Waals surface area contributed by atoms with Gasteiger partial charge in [-0.15, -0.1) is 0 Å². The molecule has 0 saturated heterocycles. The number of aryl methyl sites for hydroxylation is 1. The largest absolute Gasteiger partial charge is 0.379 e. The Morgan fingerprint density at radius 1 is 1.35 bits per heavy atom. The maximum atomic E-state index is 11.7. The molecule has 2 rings (SSSR count). The summed E-state index contributed by atoms with van der Waals surface area (Å²) in [6.07, 6.45) is 1.72. The molecule has 1 aromatic carbocycles. The Hall–Kier alpha value is -2.14. The Labute approximate surface area is 122 Å². The van der Waals surface area contributed by atoms with Crippen LogP contribution < -0.4 is 10.6 Å². The monoisotopic (exact) mass is 290 g/mol. The van der Waals surface area contributed by atoms with E-state index in [-0.39, 0.29) is 5.91 Å². The molecule has 0 aliphatic carbocycles. The SMILES string of the molecule is CNC(=O)c1cc(NCc2ccnc(C)n2)ccc1Cl. The third-order valence-corrected chi connectivity index (χ3v) is 3.07. The lowest BCUT2D eigenvalue weighted by Gasteiger charge is -2.09. The summed E-state index contributed by atoms with van der Waals surface area (Å²) in [5.74, 6) is 0.517. The first-order valence-corrected chi connectivity index (χ1v) is 6.52. The first-order chi connectivity index (χ1) is 9.60. The fourth-order valence-corrected chi connectivity index (χ4v) is 1.94. The Kier molecular flexibility index (Phi) is 4.53. The van der Waals surface area contributed by atoms with Gasteiger partial charge in [-0.3, -0.25) is 4.79 Å². The van der Waals surface area contributed by atoms with Crippen molar-refractivity contribution in [3.05, 3.63) is 52.6 Å². The second-order valence-electron chi connectivity index (χ2n) is 4.22. The zero-order valence-corrected chi connectivity index (χ0v) is 12.0. The standard InChI is InChI=1S/C14H15ClN4O/c1-9-17-6-5-11(19-9)8-18-10-3-4-13(15)12(7-10)14(20)16-2/h3-7,18H,8H2,1-2H3,(H,16,20). The highest BCUT2D eigenvalue weighted by molar-refractivity contribution is 6.34. The summed E-state index contributed by atoms with van der Waals surface area (Å²) in [7, 11) is 1.57. The van der Waals surface area contributed by atoms with Crippen LogP contribution in [-0.4, -0.2) is 22.9 Å². The van der Waals surface area contributed by atoms with Gasteiger partial charge in [-0.2, -0.15) is 0 Å². The molecule has 2 N–H and O–H groups in total. The normalized spacial score (nSPS) is 10.2. The molecular weight excluding hydrogens is 276 g/mol. The maximum Gasteiger partial charge on any atom is 0.252 e. The molecule has 0 aliphatic rings. The second kappa shape index (κ2) is 6.34. The number of benzene rings is 1. The van der Waals surface area contributed by atoms with Crippen LogP contribution in [0.2, 0.25) is 5.02 Å². The van der Waals surface area contributed by atoms with Crippen LogP contribution >= 0.6 is 11.6 Å². The summed E-state index contributed by atoms with van der Waals surface area (Å²) in [5.41, 5.74) is 2.14. The Morgan fingerprint density at radius 2 is 2.15 bits per heavy atom. The molecule has 0 unspecified atom stereocenters. The molecule has 2 aromatic rings. The highest BCUT2D eigenvalue weighted by Crippen LogP contribution is 2.20. The van der Waals surface area contributed by atoms with Crippen LogP contribution in [0.5, 0.6) is 0 Å². The number of aromatic nitrogens is 2. The molecule has 0 bridgehead atoms. The molecule has 0 atom stereocenters. The zero-order valence-electron chi connectivity index (χ0n) is 11.3. The first kappa shape index (κ1) is 14.3. The third-order valence-electron chi connectivity index (χ3n) is 2.75. The number of rotatable bonds is 4. The summed E-state index contributed by atoms with van der Waals surface area (Å²) in [6.45, 7) is 2.40. The Morgan fingerprint density at radius 3 is 2.85 bits per heavy atom. The number of carbonyl (C=O) groups is 1. The lowest BCUT2D eigenvalue weighted by Crippen LogP contribution is -2.18. The molecule has 1 amide bonds. The highest BCUT2D eigenvalue weighted by Gasteiger charge is 2.09. The van der Waals surface area contributed by atoms with Crippen molar-refractivity contribution < 1.29 is 4.79 Å². The molecule has 20 heavy (non-hydrogen) atoms. The van der Waals surface area contributed by atoms with Crippen LogP contribution in [0.1, 0.15) is 21.9 Å². The molecule has 104 valence electrons. The minimum atomic E-state index is -0.212. The van der Waals surface area contributed by atoms with E-state index in [9.17, 15) is 4.79 Å². The van der Waals surface area contributed by atoms with E-state index < -0.39 is 0 Å². The van der Waals surface area contributed by atoms with E-state index in [0.29, 0.717) is 17.1 Å². The molecule has 6 heteroatoms. The molecule has 0 spiro atoms. The van der Waals surface area contributed by atoms with Crippen LogP contribution in [0.25, 0.3) is 0 Å². The number of halogens is 1. The van der Waals surface area contributed by atoms with Crippen molar-refractivity contribution in [1.82, 2.24) is 15.3 Å². The number of hydrogen-bond acceptors (Lipinski definition) is 4. The molecule has 1 heterocycles. The van der Waals surface area contributed by atoms with Crippen LogP contribution in [0.3, 0.4) is 0 Å². The number of nitrogens with one attached hydrogen (secondary N) is 2. The van der Waals surface area contributed by atoms with Gasteiger partial charge < -0.3 is 10.6 Å². The average molecular weight is 291 g/mol. The van der Waals surface area contributed by atoms with Gasteiger partial charge in [-0.05, 0) is 31.2 Å². The summed E-state index contributed by atoms with van der Waals surface area (Å²) in [5, 5.41) is 6.19. The van der Waals surface area contributed by atoms with Gasteiger partial charge in [0.15, 0.2) is 0 Å². The van der Waals surface area contributed by atoms with Gasteiger partial charge in [0.25, 0.3) is 5.91 Å². The Bertz CT molecular complexity index is 630. The van der Waals surface area contributed by atoms with Crippen molar-refractivity contribution in [2.24, 2.45) is 0 Å². The van der Waals surface area contributed by atoms with Crippen LogP contribution in [0, 0.1) is 6.92 Å². The van der Waals surface area contributed by atoms with Gasteiger partial charge in [0.05, 0.1) is 22.8 Å². The molecule has 0 aliphatic heterocycles. The van der Waals surface area contributed by atoms with Crippen molar-refractivity contribution in [2.45, 2.75) is 13.5 Å². The van der Waals surface area contributed by atoms with Gasteiger partial charge in [-0.1, -0.05) is 11.6 Å². The van der Waals surface area contributed by atoms with E-state index in [1.807, 2.05) is 19.1 Å². The quantitative estimate of drug-likeness (QED) is 0.907. The van der Waals surface area contributed by atoms with Crippen molar-refractivity contribution in [2.75, 3.05) is 12.4 Å². The van der Waals surface area contributed by atoms with Crippen molar-refractivity contribution in [1.29, 1.82) is 0 Å². The molecule has 0 saturated carbocycles. The molecule has 1 aromatic heterocycles. The summed E-state index contributed by atoms with van der Waals surface area (Å²) >= 11 is 6.00. The van der Waals surface area contributed by atoms with E-state index in [1.54, 1.807) is 25.4 Å². The number of anilines is 1. The smallest absolute Gasteiger partial charge is 0.252 e. The summed E-state index contributed by atoms with van der Waals surface area (Å²) in [4.78, 5) is 20.0. The summed E-state index contributed by atoms with van der Waals surface area (Å²) in [6, 6.07) is 7.08. The van der Waals surface area contributed by atoms with Crippen LogP contribution in [0.4, 0.5) is 5.69 Å². The number of hydrogen-bond donors (Lipinski definition) is 2. The van der Waals surface area contributed by atoms with Crippen molar-refractivity contribution in [3.8, 4) is 0 Å². The number of nitrogens with zero attached hydrogens (tertiary/aromatic N) is 2. The summed E-state index contributed by atoms with van der Waals surface area (Å²) < 4.78 is 0. The molecular formula is C14H15ClN4O. The van der Waals surface area contributed by atoms with E-state index in [1.165, 1.54) is 0 Å². The third kappa shape index (κ3) is 3.45. The van der Waals surface area contributed by atoms with Crippen LogP contribution in [-0.2, 0) is 6.54 Å². The predicted molar refractivity (Wildman–Crippen MR) is 78.9 cm³/mol. The first-order valence-electron chi connectivity index (χ1n) is 6.14. The van der Waals surface area contributed by atoms with Gasteiger partial charge in [0, 0.05) is 18.9 Å². The number of amides is 1. The molecule has 0 fully saturated rings. The van der Waals surface area contributed by atoms with Gasteiger partial charge >= 0.3 is 0 Å². The fraction of sp³-hybridized carbons (Fsp3) is 0.214. The topological polar surface area (TPSA) is 66.9 Å². The lowest BCUT2D eigenvalue weighted by molar-refractivity contribution is 0.0963. The number of carbonyl (C=O) groups excluding carboxylic acids is 1.